The number of likely N-dealkylation sites (N-methyl/N-ethyl adjacent to an activating group) is 1. The monoisotopic (exact) mass is 193 g/mol. The van der Waals surface area contributed by atoms with Gasteiger partial charge in [-0.1, -0.05) is 23.8 Å². The number of nitrogens with one attached hydrogen (secondary N) is 1. The van der Waals surface area contributed by atoms with Gasteiger partial charge in [0.1, 0.15) is 6.04 Å². The Morgan fingerprint density at radius 3 is 2.50 bits per heavy atom. The van der Waals surface area contributed by atoms with Gasteiger partial charge < -0.3 is 10.4 Å². The lowest BCUT2D eigenvalue weighted by Gasteiger charge is -2.14. The average molecular weight is 193 g/mol. The molecule has 0 spiro atoms. The van der Waals surface area contributed by atoms with Gasteiger partial charge in [0.05, 0.1) is 0 Å². The molecule has 0 fully saturated rings. The van der Waals surface area contributed by atoms with Crippen molar-refractivity contribution in [2.75, 3.05) is 7.05 Å². The minimum atomic E-state index is -0.848. The fourth-order valence-corrected chi connectivity index (χ4v) is 1.56. The Kier molecular flexibility index (Phi) is 3.25. The first-order valence-electron chi connectivity index (χ1n) is 4.53. The number of carbonyl (C=O) groups is 1. The summed E-state index contributed by atoms with van der Waals surface area (Å²) < 4.78 is 0. The van der Waals surface area contributed by atoms with Gasteiger partial charge in [-0.25, -0.2) is 0 Å². The van der Waals surface area contributed by atoms with Gasteiger partial charge in [-0.15, -0.1) is 0 Å². The number of hydrogen-bond acceptors (Lipinski definition) is 2. The van der Waals surface area contributed by atoms with Gasteiger partial charge in [-0.3, -0.25) is 4.79 Å². The quantitative estimate of drug-likeness (QED) is 0.767. The number of carboxylic acid groups (broad SMARTS) is 1. The zero-order valence-corrected chi connectivity index (χ0v) is 8.66. The molecule has 1 aromatic carbocycles. The molecule has 0 aliphatic carbocycles. The summed E-state index contributed by atoms with van der Waals surface area (Å²) in [7, 11) is 1.65. The summed E-state index contributed by atoms with van der Waals surface area (Å²) >= 11 is 0. The van der Waals surface area contributed by atoms with E-state index in [0.29, 0.717) is 0 Å². The third-order valence-electron chi connectivity index (χ3n) is 2.27. The van der Waals surface area contributed by atoms with E-state index in [9.17, 15) is 4.79 Å². The maximum atomic E-state index is 10.9. The van der Waals surface area contributed by atoms with E-state index >= 15 is 0 Å². The van der Waals surface area contributed by atoms with Crippen molar-refractivity contribution in [2.45, 2.75) is 19.9 Å². The first-order valence-corrected chi connectivity index (χ1v) is 4.53. The third-order valence-corrected chi connectivity index (χ3v) is 2.27. The van der Waals surface area contributed by atoms with Gasteiger partial charge in [0.25, 0.3) is 0 Å². The van der Waals surface area contributed by atoms with Crippen molar-refractivity contribution in [3.05, 3.63) is 34.9 Å². The first-order chi connectivity index (χ1) is 6.56. The van der Waals surface area contributed by atoms with Crippen molar-refractivity contribution in [1.82, 2.24) is 5.32 Å². The van der Waals surface area contributed by atoms with Crippen LogP contribution in [0.1, 0.15) is 22.7 Å². The van der Waals surface area contributed by atoms with Crippen LogP contribution in [0.25, 0.3) is 0 Å². The Balaban J connectivity index is 3.10. The van der Waals surface area contributed by atoms with E-state index in [1.807, 2.05) is 32.0 Å². The van der Waals surface area contributed by atoms with Crippen LogP contribution in [0.2, 0.25) is 0 Å². The number of benzene rings is 1. The normalized spacial score (nSPS) is 12.5. The van der Waals surface area contributed by atoms with Gasteiger partial charge >= 0.3 is 5.97 Å². The lowest BCUT2D eigenvalue weighted by molar-refractivity contribution is -0.139. The molecule has 1 aromatic rings. The lowest BCUT2D eigenvalue weighted by Crippen LogP contribution is -2.25. The molecule has 0 aromatic heterocycles. The van der Waals surface area contributed by atoms with Crippen LogP contribution in [0.4, 0.5) is 0 Å². The molecule has 0 aliphatic heterocycles. The second-order valence-corrected chi connectivity index (χ2v) is 3.42. The van der Waals surface area contributed by atoms with Gasteiger partial charge in [-0.2, -0.15) is 0 Å². The second-order valence-electron chi connectivity index (χ2n) is 3.42. The van der Waals surface area contributed by atoms with Crippen LogP contribution in [0, 0.1) is 13.8 Å². The molecule has 0 bridgehead atoms. The Morgan fingerprint density at radius 2 is 2.07 bits per heavy atom. The fraction of sp³-hybridized carbons (Fsp3) is 0.364. The Bertz CT molecular complexity index is 347. The van der Waals surface area contributed by atoms with Crippen molar-refractivity contribution < 1.29 is 9.90 Å². The predicted octanol–water partition coefficient (Wildman–Crippen LogP) is 1.65. The summed E-state index contributed by atoms with van der Waals surface area (Å²) in [6, 6.07) is 5.16. The lowest BCUT2D eigenvalue weighted by atomic mass is 9.99. The van der Waals surface area contributed by atoms with E-state index in [2.05, 4.69) is 5.32 Å². The minimum absolute atomic E-state index is 0.615. The van der Waals surface area contributed by atoms with Crippen LogP contribution >= 0.6 is 0 Å². The van der Waals surface area contributed by atoms with E-state index in [1.165, 1.54) is 0 Å². The van der Waals surface area contributed by atoms with Gasteiger partial charge in [0.15, 0.2) is 0 Å². The fourth-order valence-electron chi connectivity index (χ4n) is 1.56. The molecule has 1 atom stereocenters. The van der Waals surface area contributed by atoms with Crippen LogP contribution in [-0.2, 0) is 4.79 Å². The molecule has 1 unspecified atom stereocenters. The molecule has 0 aliphatic rings. The Morgan fingerprint density at radius 1 is 1.43 bits per heavy atom. The summed E-state index contributed by atoms with van der Waals surface area (Å²) in [6.07, 6.45) is 0. The topological polar surface area (TPSA) is 49.3 Å². The highest BCUT2D eigenvalue weighted by atomic mass is 16.4. The molecule has 0 radical (unpaired) electrons. The number of hydrogen-bond donors (Lipinski definition) is 2. The molecule has 76 valence electrons. The van der Waals surface area contributed by atoms with E-state index < -0.39 is 12.0 Å². The number of carboxylic acids is 1. The van der Waals surface area contributed by atoms with Crippen LogP contribution < -0.4 is 5.32 Å². The molecular formula is C11H15NO2. The molecule has 14 heavy (non-hydrogen) atoms. The minimum Gasteiger partial charge on any atom is -0.480 e. The highest BCUT2D eigenvalue weighted by molar-refractivity contribution is 5.76. The van der Waals surface area contributed by atoms with E-state index in [1.54, 1.807) is 7.05 Å². The number of rotatable bonds is 3. The number of aryl methyl sites for hydroxylation is 2. The Labute approximate surface area is 83.8 Å². The van der Waals surface area contributed by atoms with Crippen molar-refractivity contribution in [3.8, 4) is 0 Å². The highest BCUT2D eigenvalue weighted by Crippen LogP contribution is 2.18. The molecular weight excluding hydrogens is 178 g/mol. The standard InChI is InChI=1S/C11H15NO2/c1-7-4-5-9(8(2)6-7)10(12-3)11(13)14/h4-6,10,12H,1-3H3,(H,13,14). The summed E-state index contributed by atoms with van der Waals surface area (Å²) in [5.74, 6) is -0.848. The van der Waals surface area contributed by atoms with Crippen molar-refractivity contribution >= 4 is 5.97 Å². The largest absolute Gasteiger partial charge is 0.480 e. The zero-order chi connectivity index (χ0) is 10.7. The van der Waals surface area contributed by atoms with Crippen LogP contribution in [0.15, 0.2) is 18.2 Å². The zero-order valence-electron chi connectivity index (χ0n) is 8.66. The molecule has 3 nitrogen and oxygen atoms in total. The maximum Gasteiger partial charge on any atom is 0.325 e. The summed E-state index contributed by atoms with van der Waals surface area (Å²) in [4.78, 5) is 10.9. The van der Waals surface area contributed by atoms with Gasteiger partial charge in [0.2, 0.25) is 0 Å². The SMILES string of the molecule is CNC(C(=O)O)c1ccc(C)cc1C. The second kappa shape index (κ2) is 4.24. The van der Waals surface area contributed by atoms with Crippen LogP contribution in [-0.4, -0.2) is 18.1 Å². The molecule has 1 rings (SSSR count). The molecule has 0 heterocycles. The van der Waals surface area contributed by atoms with Crippen molar-refractivity contribution in [3.63, 3.8) is 0 Å². The van der Waals surface area contributed by atoms with Crippen LogP contribution in [0.3, 0.4) is 0 Å². The maximum absolute atomic E-state index is 10.9. The Hall–Kier alpha value is -1.35. The summed E-state index contributed by atoms with van der Waals surface area (Å²) in [6.45, 7) is 3.92. The average Bonchev–Trinajstić information content (AvgIpc) is 2.09. The van der Waals surface area contributed by atoms with Gasteiger partial charge in [-0.05, 0) is 32.0 Å². The third kappa shape index (κ3) is 2.12. The van der Waals surface area contributed by atoms with Crippen LogP contribution in [0.5, 0.6) is 0 Å². The highest BCUT2D eigenvalue weighted by Gasteiger charge is 2.18. The van der Waals surface area contributed by atoms with E-state index in [-0.39, 0.29) is 0 Å². The van der Waals surface area contributed by atoms with Crippen molar-refractivity contribution in [1.29, 1.82) is 0 Å². The summed E-state index contributed by atoms with van der Waals surface area (Å²) in [5.41, 5.74) is 2.98. The summed E-state index contributed by atoms with van der Waals surface area (Å²) in [5, 5.41) is 11.7. The molecule has 0 saturated heterocycles. The molecule has 3 heteroatoms. The molecule has 0 saturated carbocycles. The van der Waals surface area contributed by atoms with E-state index in [4.69, 9.17) is 5.11 Å². The first kappa shape index (κ1) is 10.7. The molecule has 0 amide bonds. The van der Waals surface area contributed by atoms with E-state index in [0.717, 1.165) is 16.7 Å². The van der Waals surface area contributed by atoms with Crippen molar-refractivity contribution in [2.24, 2.45) is 0 Å². The van der Waals surface area contributed by atoms with Gasteiger partial charge in [0, 0.05) is 0 Å². The molecule has 2 N–H and O–H groups in total. The predicted molar refractivity (Wildman–Crippen MR) is 55.4 cm³/mol. The number of aliphatic carboxylic acids is 1. The smallest absolute Gasteiger partial charge is 0.325 e.